The molecule has 0 aliphatic heterocycles. The van der Waals surface area contributed by atoms with E-state index in [1.807, 2.05) is 60.7 Å². The molecule has 0 saturated heterocycles. The van der Waals surface area contributed by atoms with E-state index in [0.29, 0.717) is 5.65 Å². The van der Waals surface area contributed by atoms with Crippen molar-refractivity contribution in [1.82, 2.24) is 20.4 Å². The summed E-state index contributed by atoms with van der Waals surface area (Å²) in [5.41, 5.74) is 4.53. The van der Waals surface area contributed by atoms with E-state index in [0.717, 1.165) is 32.4 Å². The first-order valence-corrected chi connectivity index (χ1v) is 7.64. The maximum atomic E-state index is 4.26. The Kier molecular flexibility index (Phi) is 3.20. The number of hydrogen-bond donors (Lipinski definition) is 1. The second-order valence-electron chi connectivity index (χ2n) is 4.94. The van der Waals surface area contributed by atoms with E-state index < -0.39 is 0 Å². The molecule has 0 amide bonds. The van der Waals surface area contributed by atoms with Crippen LogP contribution in [0.5, 0.6) is 0 Å². The van der Waals surface area contributed by atoms with Gasteiger partial charge in [0.1, 0.15) is 0 Å². The SMILES string of the molecule is Brc1ccc(-c2[nH]nc3nnc(-c4ccccc4)cc23)cc1. The standard InChI is InChI=1S/C17H11BrN4/c18-13-8-6-12(7-9-13)16-14-10-15(11-4-2-1-3-5-11)19-21-17(14)22-20-16/h1-10H,(H,20,21,22). The molecule has 4 aromatic rings. The van der Waals surface area contributed by atoms with Gasteiger partial charge in [-0.25, -0.2) is 0 Å². The van der Waals surface area contributed by atoms with E-state index in [2.05, 4.69) is 36.3 Å². The Labute approximate surface area is 135 Å². The van der Waals surface area contributed by atoms with Crippen LogP contribution in [-0.4, -0.2) is 20.4 Å². The molecule has 106 valence electrons. The van der Waals surface area contributed by atoms with Gasteiger partial charge < -0.3 is 0 Å². The van der Waals surface area contributed by atoms with Crippen LogP contribution in [-0.2, 0) is 0 Å². The number of nitrogens with one attached hydrogen (secondary N) is 1. The third-order valence-corrected chi connectivity index (χ3v) is 4.05. The molecule has 0 fully saturated rings. The van der Waals surface area contributed by atoms with Gasteiger partial charge in [-0.3, -0.25) is 5.10 Å². The highest BCUT2D eigenvalue weighted by molar-refractivity contribution is 9.10. The Hall–Kier alpha value is -2.53. The fourth-order valence-corrected chi connectivity index (χ4v) is 2.67. The lowest BCUT2D eigenvalue weighted by atomic mass is 10.1. The second-order valence-corrected chi connectivity index (χ2v) is 5.85. The molecule has 4 rings (SSSR count). The summed E-state index contributed by atoms with van der Waals surface area (Å²) in [6.07, 6.45) is 0. The number of rotatable bonds is 2. The predicted octanol–water partition coefficient (Wildman–Crippen LogP) is 4.45. The van der Waals surface area contributed by atoms with Gasteiger partial charge in [0.25, 0.3) is 0 Å². The molecule has 1 N–H and O–H groups in total. The minimum Gasteiger partial charge on any atom is -0.275 e. The van der Waals surface area contributed by atoms with E-state index in [9.17, 15) is 0 Å². The van der Waals surface area contributed by atoms with E-state index in [-0.39, 0.29) is 0 Å². The normalized spacial score (nSPS) is 11.0. The number of fused-ring (bicyclic) bond motifs is 1. The van der Waals surface area contributed by atoms with Crippen molar-refractivity contribution < 1.29 is 0 Å². The molecule has 0 bridgehead atoms. The molecule has 0 saturated carbocycles. The highest BCUT2D eigenvalue weighted by Crippen LogP contribution is 2.28. The number of aromatic nitrogens is 4. The van der Waals surface area contributed by atoms with Gasteiger partial charge in [-0.1, -0.05) is 58.4 Å². The van der Waals surface area contributed by atoms with Crippen molar-refractivity contribution in [3.63, 3.8) is 0 Å². The first kappa shape index (κ1) is 13.2. The van der Waals surface area contributed by atoms with Crippen LogP contribution in [0.4, 0.5) is 0 Å². The third-order valence-electron chi connectivity index (χ3n) is 3.52. The van der Waals surface area contributed by atoms with Crippen LogP contribution in [0, 0.1) is 0 Å². The zero-order valence-electron chi connectivity index (χ0n) is 11.5. The largest absolute Gasteiger partial charge is 0.275 e. The van der Waals surface area contributed by atoms with Gasteiger partial charge in [0.05, 0.1) is 16.8 Å². The molecule has 0 aliphatic carbocycles. The van der Waals surface area contributed by atoms with Crippen molar-refractivity contribution in [2.75, 3.05) is 0 Å². The van der Waals surface area contributed by atoms with Crippen molar-refractivity contribution in [1.29, 1.82) is 0 Å². The van der Waals surface area contributed by atoms with Crippen LogP contribution in [0.25, 0.3) is 33.5 Å². The number of hydrogen-bond acceptors (Lipinski definition) is 3. The Morgan fingerprint density at radius 3 is 2.36 bits per heavy atom. The number of H-pyrrole nitrogens is 1. The average Bonchev–Trinajstić information content (AvgIpc) is 2.99. The predicted molar refractivity (Wildman–Crippen MR) is 90.3 cm³/mol. The molecule has 0 aliphatic rings. The van der Waals surface area contributed by atoms with Gasteiger partial charge in [0, 0.05) is 15.6 Å². The minimum atomic E-state index is 0.623. The maximum absolute atomic E-state index is 4.26. The zero-order chi connectivity index (χ0) is 14.9. The molecule has 0 spiro atoms. The van der Waals surface area contributed by atoms with Crippen LogP contribution in [0.15, 0.2) is 65.1 Å². The Balaban J connectivity index is 1.88. The van der Waals surface area contributed by atoms with Crippen molar-refractivity contribution >= 4 is 27.0 Å². The van der Waals surface area contributed by atoms with E-state index in [4.69, 9.17) is 0 Å². The van der Waals surface area contributed by atoms with Crippen molar-refractivity contribution in [2.24, 2.45) is 0 Å². The number of nitrogens with zero attached hydrogens (tertiary/aromatic N) is 3. The van der Waals surface area contributed by atoms with Crippen LogP contribution in [0.2, 0.25) is 0 Å². The second kappa shape index (κ2) is 5.35. The summed E-state index contributed by atoms with van der Waals surface area (Å²) in [5, 5.41) is 16.7. The van der Waals surface area contributed by atoms with Gasteiger partial charge in [0.2, 0.25) is 5.65 Å². The lowest BCUT2D eigenvalue weighted by Crippen LogP contribution is -1.88. The molecule has 2 heterocycles. The minimum absolute atomic E-state index is 0.623. The Morgan fingerprint density at radius 1 is 0.818 bits per heavy atom. The summed E-state index contributed by atoms with van der Waals surface area (Å²) in [6, 6.07) is 20.1. The van der Waals surface area contributed by atoms with Crippen LogP contribution < -0.4 is 0 Å². The molecule has 0 unspecified atom stereocenters. The van der Waals surface area contributed by atoms with Crippen molar-refractivity contribution in [3.8, 4) is 22.5 Å². The van der Waals surface area contributed by atoms with E-state index >= 15 is 0 Å². The Bertz CT molecular complexity index is 930. The van der Waals surface area contributed by atoms with E-state index in [1.165, 1.54) is 0 Å². The Morgan fingerprint density at radius 2 is 1.59 bits per heavy atom. The highest BCUT2D eigenvalue weighted by Gasteiger charge is 2.11. The van der Waals surface area contributed by atoms with Gasteiger partial charge >= 0.3 is 0 Å². The molecule has 0 atom stereocenters. The third kappa shape index (κ3) is 2.29. The molecule has 4 nitrogen and oxygen atoms in total. The summed E-state index contributed by atoms with van der Waals surface area (Å²) in [5.74, 6) is 0. The van der Waals surface area contributed by atoms with Gasteiger partial charge in [-0.2, -0.15) is 5.10 Å². The summed E-state index contributed by atoms with van der Waals surface area (Å²) >= 11 is 3.45. The van der Waals surface area contributed by atoms with Crippen molar-refractivity contribution in [3.05, 3.63) is 65.1 Å². The lowest BCUT2D eigenvalue weighted by molar-refractivity contribution is 1.03. The van der Waals surface area contributed by atoms with Crippen LogP contribution >= 0.6 is 15.9 Å². The summed E-state index contributed by atoms with van der Waals surface area (Å²) in [6.45, 7) is 0. The molecule has 5 heteroatoms. The smallest absolute Gasteiger partial charge is 0.203 e. The maximum Gasteiger partial charge on any atom is 0.203 e. The molecule has 0 radical (unpaired) electrons. The van der Waals surface area contributed by atoms with Gasteiger partial charge in [-0.15, -0.1) is 10.2 Å². The van der Waals surface area contributed by atoms with Gasteiger partial charge in [-0.05, 0) is 18.2 Å². The molecule has 22 heavy (non-hydrogen) atoms. The first-order chi connectivity index (χ1) is 10.8. The monoisotopic (exact) mass is 350 g/mol. The fourth-order valence-electron chi connectivity index (χ4n) is 2.41. The van der Waals surface area contributed by atoms with Gasteiger partial charge in [0.15, 0.2) is 0 Å². The van der Waals surface area contributed by atoms with Crippen LogP contribution in [0.1, 0.15) is 0 Å². The molecular formula is C17H11BrN4. The molecule has 2 aromatic carbocycles. The molecular weight excluding hydrogens is 340 g/mol. The van der Waals surface area contributed by atoms with E-state index in [1.54, 1.807) is 0 Å². The summed E-state index contributed by atoms with van der Waals surface area (Å²) in [7, 11) is 0. The average molecular weight is 351 g/mol. The first-order valence-electron chi connectivity index (χ1n) is 6.84. The lowest BCUT2D eigenvalue weighted by Gasteiger charge is -2.01. The summed E-state index contributed by atoms with van der Waals surface area (Å²) in [4.78, 5) is 0. The van der Waals surface area contributed by atoms with Crippen molar-refractivity contribution in [2.45, 2.75) is 0 Å². The fraction of sp³-hybridized carbons (Fsp3) is 0. The number of benzene rings is 2. The summed E-state index contributed by atoms with van der Waals surface area (Å²) < 4.78 is 1.05. The topological polar surface area (TPSA) is 54.5 Å². The number of aromatic amines is 1. The highest BCUT2D eigenvalue weighted by atomic mass is 79.9. The molecule has 2 aromatic heterocycles. The quantitative estimate of drug-likeness (QED) is 0.581. The van der Waals surface area contributed by atoms with Crippen LogP contribution in [0.3, 0.4) is 0 Å². The number of halogens is 1. The zero-order valence-corrected chi connectivity index (χ0v) is 13.1.